The molecule has 0 aliphatic heterocycles. The quantitative estimate of drug-likeness (QED) is 0.833. The van der Waals surface area contributed by atoms with Crippen molar-refractivity contribution in [3.05, 3.63) is 24.3 Å². The fourth-order valence-corrected chi connectivity index (χ4v) is 1.49. The van der Waals surface area contributed by atoms with Crippen LogP contribution in [0, 0.1) is 6.07 Å². The maximum Gasteiger partial charge on any atom is 0.539 e. The van der Waals surface area contributed by atoms with Gasteiger partial charge in [-0.3, -0.25) is 0 Å². The number of benzene rings is 1. The molecule has 0 heterocycles. The van der Waals surface area contributed by atoms with Gasteiger partial charge in [0.05, 0.1) is 7.11 Å². The summed E-state index contributed by atoms with van der Waals surface area (Å²) in [5.74, 6) is -0.530. The fraction of sp³-hybridized carbons (Fsp3) is 0.250. The third-order valence-electron chi connectivity index (χ3n) is 1.40. The van der Waals surface area contributed by atoms with Crippen LogP contribution < -0.4 is 8.92 Å². The van der Waals surface area contributed by atoms with Crippen LogP contribution in [0.2, 0.25) is 0 Å². The second-order valence-electron chi connectivity index (χ2n) is 2.60. The van der Waals surface area contributed by atoms with E-state index in [4.69, 9.17) is 0 Å². The smallest absolute Gasteiger partial charge is 0.493 e. The Morgan fingerprint density at radius 1 is 1.29 bits per heavy atom. The highest BCUT2D eigenvalue weighted by Gasteiger charge is 2.38. The molecule has 9 heteroatoms. The molecule has 0 atom stereocenters. The SMILES string of the molecule is COc1c[c]ccc1OS(=O)(=O)OC(F)(F)F. The number of halogens is 3. The molecule has 0 saturated carbocycles. The molecule has 0 amide bonds. The lowest BCUT2D eigenvalue weighted by molar-refractivity contribution is -0.274. The molecule has 0 N–H and O–H groups in total. The van der Waals surface area contributed by atoms with Crippen molar-refractivity contribution in [1.82, 2.24) is 0 Å². The second-order valence-corrected chi connectivity index (χ2v) is 3.75. The lowest BCUT2D eigenvalue weighted by atomic mass is 10.3. The summed E-state index contributed by atoms with van der Waals surface area (Å²) in [7, 11) is -4.06. The van der Waals surface area contributed by atoms with Crippen molar-refractivity contribution in [3.63, 3.8) is 0 Å². The van der Waals surface area contributed by atoms with Gasteiger partial charge in [0, 0.05) is 0 Å². The van der Waals surface area contributed by atoms with Gasteiger partial charge in [-0.05, 0) is 18.2 Å². The molecule has 5 nitrogen and oxygen atoms in total. The minimum Gasteiger partial charge on any atom is -0.493 e. The third kappa shape index (κ3) is 4.49. The van der Waals surface area contributed by atoms with Gasteiger partial charge in [0.1, 0.15) is 0 Å². The van der Waals surface area contributed by atoms with E-state index in [-0.39, 0.29) is 5.75 Å². The first-order valence-corrected chi connectivity index (χ1v) is 5.33. The Hall–Kier alpha value is -1.48. The molecule has 0 bridgehead atoms. The molecule has 95 valence electrons. The number of methoxy groups -OCH3 is 1. The van der Waals surface area contributed by atoms with Gasteiger partial charge in [-0.2, -0.15) is 8.42 Å². The predicted octanol–water partition coefficient (Wildman–Crippen LogP) is 1.66. The van der Waals surface area contributed by atoms with Gasteiger partial charge in [0.25, 0.3) is 0 Å². The highest BCUT2D eigenvalue weighted by Crippen LogP contribution is 2.29. The van der Waals surface area contributed by atoms with Crippen molar-refractivity contribution in [1.29, 1.82) is 0 Å². The molecule has 0 unspecified atom stereocenters. The van der Waals surface area contributed by atoms with Gasteiger partial charge < -0.3 is 8.92 Å². The highest BCUT2D eigenvalue weighted by molar-refractivity contribution is 7.82. The summed E-state index contributed by atoms with van der Waals surface area (Å²) in [5.41, 5.74) is 0. The zero-order valence-electron chi connectivity index (χ0n) is 8.32. The first-order chi connectivity index (χ1) is 7.73. The summed E-state index contributed by atoms with van der Waals surface area (Å²) >= 11 is 0. The summed E-state index contributed by atoms with van der Waals surface area (Å²) in [6, 6.07) is 6.02. The predicted molar refractivity (Wildman–Crippen MR) is 48.5 cm³/mol. The first-order valence-electron chi connectivity index (χ1n) is 3.99. The van der Waals surface area contributed by atoms with E-state index in [1.54, 1.807) is 0 Å². The summed E-state index contributed by atoms with van der Waals surface area (Å²) in [6.45, 7) is 0. The van der Waals surface area contributed by atoms with Gasteiger partial charge >= 0.3 is 16.8 Å². The maximum absolute atomic E-state index is 11.7. The first kappa shape index (κ1) is 13.6. The Kier molecular flexibility index (Phi) is 3.83. The van der Waals surface area contributed by atoms with Crippen LogP contribution in [0.3, 0.4) is 0 Å². The average Bonchev–Trinajstić information content (AvgIpc) is 2.14. The van der Waals surface area contributed by atoms with Crippen LogP contribution in [0.4, 0.5) is 13.2 Å². The van der Waals surface area contributed by atoms with E-state index in [0.29, 0.717) is 0 Å². The standard InChI is InChI=1S/C8H6F3O5S/c1-14-6-4-2-3-5-7(6)15-17(12,13)16-8(9,10)11/h3-5H,1H3. The van der Waals surface area contributed by atoms with Crippen LogP contribution in [-0.2, 0) is 14.6 Å². The van der Waals surface area contributed by atoms with Gasteiger partial charge in [-0.15, -0.1) is 17.4 Å². The number of hydrogen-bond acceptors (Lipinski definition) is 5. The van der Waals surface area contributed by atoms with E-state index in [2.05, 4.69) is 19.2 Å². The van der Waals surface area contributed by atoms with Crippen molar-refractivity contribution >= 4 is 10.4 Å². The molecule has 0 aliphatic carbocycles. The molecule has 1 radical (unpaired) electrons. The Bertz CT molecular complexity index is 482. The summed E-state index contributed by atoms with van der Waals surface area (Å²) < 4.78 is 68.4. The zero-order chi connectivity index (χ0) is 13.1. The molecular formula is C8H6F3O5S. The maximum atomic E-state index is 11.7. The molecular weight excluding hydrogens is 265 g/mol. The zero-order valence-corrected chi connectivity index (χ0v) is 9.13. The molecule has 1 aromatic carbocycles. The van der Waals surface area contributed by atoms with Crippen molar-refractivity contribution < 1.29 is 34.7 Å². The van der Waals surface area contributed by atoms with E-state index < -0.39 is 22.5 Å². The molecule has 17 heavy (non-hydrogen) atoms. The van der Waals surface area contributed by atoms with E-state index >= 15 is 0 Å². The van der Waals surface area contributed by atoms with Gasteiger partial charge in [-0.1, -0.05) is 6.07 Å². The topological polar surface area (TPSA) is 61.8 Å². The molecule has 0 spiro atoms. The van der Waals surface area contributed by atoms with Crippen LogP contribution in [0.25, 0.3) is 0 Å². The number of alkyl halides is 3. The molecule has 0 fully saturated rings. The minimum absolute atomic E-state index is 0.0955. The number of hydrogen-bond donors (Lipinski definition) is 0. The third-order valence-corrected chi connectivity index (χ3v) is 2.17. The number of ether oxygens (including phenoxy) is 1. The van der Waals surface area contributed by atoms with Crippen molar-refractivity contribution in [3.8, 4) is 11.5 Å². The van der Waals surface area contributed by atoms with Gasteiger partial charge in [-0.25, -0.2) is 0 Å². The summed E-state index contributed by atoms with van der Waals surface area (Å²) in [5, 5.41) is 0. The second kappa shape index (κ2) is 4.80. The molecule has 0 saturated heterocycles. The summed E-state index contributed by atoms with van der Waals surface area (Å²) in [6.07, 6.45) is -5.35. The van der Waals surface area contributed by atoms with Gasteiger partial charge in [0.15, 0.2) is 11.5 Å². The van der Waals surface area contributed by atoms with Crippen molar-refractivity contribution in [2.45, 2.75) is 6.36 Å². The average molecular weight is 271 g/mol. The summed E-state index contributed by atoms with van der Waals surface area (Å²) in [4.78, 5) is 0. The molecule has 1 aromatic rings. The fourth-order valence-electron chi connectivity index (χ4n) is 0.872. The monoisotopic (exact) mass is 271 g/mol. The van der Waals surface area contributed by atoms with Crippen LogP contribution in [0.1, 0.15) is 0 Å². The molecule has 0 aromatic heterocycles. The Labute approximate surface area is 95.0 Å². The molecule has 1 rings (SSSR count). The van der Waals surface area contributed by atoms with Crippen LogP contribution in [-0.4, -0.2) is 21.9 Å². The Morgan fingerprint density at radius 3 is 2.47 bits per heavy atom. The van der Waals surface area contributed by atoms with Crippen LogP contribution >= 0.6 is 0 Å². The Balaban J connectivity index is 2.91. The lowest BCUT2D eigenvalue weighted by Gasteiger charge is -2.10. The van der Waals surface area contributed by atoms with E-state index in [1.807, 2.05) is 0 Å². The number of rotatable bonds is 4. The van der Waals surface area contributed by atoms with Crippen molar-refractivity contribution in [2.24, 2.45) is 0 Å². The van der Waals surface area contributed by atoms with Gasteiger partial charge in [0.2, 0.25) is 0 Å². The van der Waals surface area contributed by atoms with Crippen molar-refractivity contribution in [2.75, 3.05) is 7.11 Å². The minimum atomic E-state index is -5.35. The lowest BCUT2D eigenvalue weighted by Crippen LogP contribution is -2.23. The van der Waals surface area contributed by atoms with E-state index in [0.717, 1.165) is 6.07 Å². The largest absolute Gasteiger partial charge is 0.539 e. The van der Waals surface area contributed by atoms with Crippen LogP contribution in [0.5, 0.6) is 11.5 Å². The van der Waals surface area contributed by atoms with E-state index in [1.165, 1.54) is 19.2 Å². The van der Waals surface area contributed by atoms with Crippen LogP contribution in [0.15, 0.2) is 18.2 Å². The molecule has 0 aliphatic rings. The van der Waals surface area contributed by atoms with E-state index in [9.17, 15) is 21.6 Å². The normalized spacial score (nSPS) is 12.2. The highest BCUT2D eigenvalue weighted by atomic mass is 32.3. The Morgan fingerprint density at radius 2 is 1.94 bits per heavy atom.